The van der Waals surface area contributed by atoms with Crippen LogP contribution in [0, 0.1) is 6.92 Å². The largest absolute Gasteiger partial charge is 0.338 e. The SMILES string of the molecule is C=N/C=C\C(=C/C)c1c[nH]c(=O)c(-c2nc3c(C)cccc3[nH]2)c1. The first-order chi connectivity index (χ1) is 11.6. The van der Waals surface area contributed by atoms with Crippen molar-refractivity contribution in [3.63, 3.8) is 0 Å². The smallest absolute Gasteiger partial charge is 0.259 e. The van der Waals surface area contributed by atoms with Gasteiger partial charge in [0, 0.05) is 12.4 Å². The van der Waals surface area contributed by atoms with E-state index >= 15 is 0 Å². The molecular weight excluding hydrogens is 300 g/mol. The van der Waals surface area contributed by atoms with E-state index in [0.29, 0.717) is 11.4 Å². The number of allylic oxidation sites excluding steroid dienone is 3. The summed E-state index contributed by atoms with van der Waals surface area (Å²) in [5, 5.41) is 0. The van der Waals surface area contributed by atoms with Crippen LogP contribution in [0.4, 0.5) is 0 Å². The van der Waals surface area contributed by atoms with Gasteiger partial charge in [-0.1, -0.05) is 18.2 Å². The average molecular weight is 318 g/mol. The van der Waals surface area contributed by atoms with Gasteiger partial charge in [-0.3, -0.25) is 9.79 Å². The molecule has 0 bridgehead atoms. The minimum atomic E-state index is -0.184. The van der Waals surface area contributed by atoms with Crippen molar-refractivity contribution in [3.05, 3.63) is 70.3 Å². The van der Waals surface area contributed by atoms with Crippen molar-refractivity contribution >= 4 is 23.3 Å². The molecule has 2 N–H and O–H groups in total. The summed E-state index contributed by atoms with van der Waals surface area (Å²) in [5.74, 6) is 0.559. The number of benzene rings is 1. The zero-order chi connectivity index (χ0) is 17.1. The molecule has 0 saturated heterocycles. The lowest BCUT2D eigenvalue weighted by Crippen LogP contribution is -2.09. The van der Waals surface area contributed by atoms with Gasteiger partial charge in [0.1, 0.15) is 5.82 Å². The number of nitrogens with one attached hydrogen (secondary N) is 2. The molecule has 5 nitrogen and oxygen atoms in total. The third-order valence-electron chi connectivity index (χ3n) is 3.88. The number of pyridine rings is 1. The molecule has 2 heterocycles. The summed E-state index contributed by atoms with van der Waals surface area (Å²) >= 11 is 0. The number of aromatic amines is 2. The number of rotatable bonds is 4. The maximum atomic E-state index is 12.3. The van der Waals surface area contributed by atoms with Crippen LogP contribution in [-0.4, -0.2) is 21.7 Å². The molecule has 0 spiro atoms. The van der Waals surface area contributed by atoms with E-state index in [9.17, 15) is 4.79 Å². The van der Waals surface area contributed by atoms with Crippen LogP contribution in [0.1, 0.15) is 18.1 Å². The van der Waals surface area contributed by atoms with Gasteiger partial charge in [0.2, 0.25) is 0 Å². The van der Waals surface area contributed by atoms with E-state index in [2.05, 4.69) is 26.7 Å². The third-order valence-corrected chi connectivity index (χ3v) is 3.88. The van der Waals surface area contributed by atoms with E-state index < -0.39 is 0 Å². The highest BCUT2D eigenvalue weighted by atomic mass is 16.1. The molecule has 0 atom stereocenters. The Morgan fingerprint density at radius 1 is 1.38 bits per heavy atom. The average Bonchev–Trinajstić information content (AvgIpc) is 3.02. The molecule has 24 heavy (non-hydrogen) atoms. The Hall–Kier alpha value is -3.21. The maximum Gasteiger partial charge on any atom is 0.259 e. The number of imidazole rings is 1. The normalized spacial score (nSPS) is 12.2. The molecule has 0 aliphatic carbocycles. The minimum Gasteiger partial charge on any atom is -0.338 e. The quantitative estimate of drug-likeness (QED) is 0.566. The molecule has 0 aliphatic heterocycles. The number of para-hydroxylation sites is 1. The van der Waals surface area contributed by atoms with Gasteiger partial charge in [-0.15, -0.1) is 0 Å². The molecule has 0 unspecified atom stereocenters. The topological polar surface area (TPSA) is 73.9 Å². The fourth-order valence-corrected chi connectivity index (χ4v) is 2.62. The van der Waals surface area contributed by atoms with E-state index in [-0.39, 0.29) is 5.56 Å². The highest BCUT2D eigenvalue weighted by molar-refractivity contribution is 5.83. The van der Waals surface area contributed by atoms with Gasteiger partial charge in [0.25, 0.3) is 5.56 Å². The zero-order valence-corrected chi connectivity index (χ0v) is 13.6. The van der Waals surface area contributed by atoms with Crippen LogP contribution >= 0.6 is 0 Å². The predicted molar refractivity (Wildman–Crippen MR) is 99.2 cm³/mol. The van der Waals surface area contributed by atoms with Crippen LogP contribution in [0.15, 0.2) is 58.6 Å². The first-order valence-electron chi connectivity index (χ1n) is 7.61. The number of fused-ring (bicyclic) bond motifs is 1. The number of aromatic nitrogens is 3. The van der Waals surface area contributed by atoms with Crippen LogP contribution in [-0.2, 0) is 0 Å². The van der Waals surface area contributed by atoms with Gasteiger partial charge in [0.05, 0.1) is 16.6 Å². The maximum absolute atomic E-state index is 12.3. The van der Waals surface area contributed by atoms with E-state index in [0.717, 1.165) is 27.7 Å². The Labute approximate surface area is 139 Å². The van der Waals surface area contributed by atoms with Gasteiger partial charge in [-0.25, -0.2) is 4.98 Å². The van der Waals surface area contributed by atoms with Gasteiger partial charge >= 0.3 is 0 Å². The van der Waals surface area contributed by atoms with Crippen molar-refractivity contribution in [1.29, 1.82) is 0 Å². The highest BCUT2D eigenvalue weighted by Crippen LogP contribution is 2.23. The molecular formula is C19H18N4O. The number of aryl methyl sites for hydroxylation is 1. The lowest BCUT2D eigenvalue weighted by atomic mass is 10.1. The van der Waals surface area contributed by atoms with Gasteiger partial charge < -0.3 is 9.97 Å². The van der Waals surface area contributed by atoms with Crippen molar-refractivity contribution < 1.29 is 0 Å². The van der Waals surface area contributed by atoms with Crippen molar-refractivity contribution in [1.82, 2.24) is 15.0 Å². The summed E-state index contributed by atoms with van der Waals surface area (Å²) in [6.45, 7) is 7.36. The Morgan fingerprint density at radius 2 is 2.21 bits per heavy atom. The minimum absolute atomic E-state index is 0.184. The molecule has 120 valence electrons. The van der Waals surface area contributed by atoms with Crippen molar-refractivity contribution in [3.8, 4) is 11.4 Å². The van der Waals surface area contributed by atoms with E-state index in [1.807, 2.05) is 50.3 Å². The number of nitrogens with zero attached hydrogens (tertiary/aromatic N) is 2. The Morgan fingerprint density at radius 3 is 2.92 bits per heavy atom. The summed E-state index contributed by atoms with van der Waals surface area (Å²) in [4.78, 5) is 26.6. The summed E-state index contributed by atoms with van der Waals surface area (Å²) in [7, 11) is 0. The molecule has 0 fully saturated rings. The second-order valence-corrected chi connectivity index (χ2v) is 5.43. The molecule has 3 rings (SSSR count). The van der Waals surface area contributed by atoms with Crippen LogP contribution in [0.5, 0.6) is 0 Å². The van der Waals surface area contributed by atoms with Crippen molar-refractivity contribution in [2.75, 3.05) is 0 Å². The van der Waals surface area contributed by atoms with Crippen LogP contribution in [0.3, 0.4) is 0 Å². The van der Waals surface area contributed by atoms with Gasteiger partial charge in [0.15, 0.2) is 0 Å². The summed E-state index contributed by atoms with van der Waals surface area (Å²) in [6.07, 6.45) is 7.09. The Balaban J connectivity index is 2.15. The fourth-order valence-electron chi connectivity index (χ4n) is 2.62. The van der Waals surface area contributed by atoms with Crippen LogP contribution in [0.2, 0.25) is 0 Å². The Bertz CT molecular complexity index is 1020. The Kier molecular flexibility index (Phi) is 4.24. The number of aliphatic imine (C=N–C) groups is 1. The van der Waals surface area contributed by atoms with Crippen molar-refractivity contribution in [2.45, 2.75) is 13.8 Å². The predicted octanol–water partition coefficient (Wildman–Crippen LogP) is 3.84. The standard InChI is InChI=1S/C19H18N4O/c1-4-13(8-9-20-3)14-10-15(19(24)21-11-14)18-22-16-7-5-6-12(2)17(16)23-18/h4-11H,3H2,1-2H3,(H,21,24)(H,22,23)/b9-8-,13-4+. The van der Waals surface area contributed by atoms with Crippen LogP contribution in [0.25, 0.3) is 28.0 Å². The third kappa shape index (κ3) is 2.84. The van der Waals surface area contributed by atoms with E-state index in [1.54, 1.807) is 12.4 Å². The molecule has 0 amide bonds. The number of hydrogen-bond acceptors (Lipinski definition) is 3. The molecule has 5 heteroatoms. The van der Waals surface area contributed by atoms with Gasteiger partial charge in [-0.2, -0.15) is 0 Å². The molecule has 0 aliphatic rings. The monoisotopic (exact) mass is 318 g/mol. The summed E-state index contributed by atoms with van der Waals surface area (Å²) < 4.78 is 0. The molecule has 1 aromatic carbocycles. The summed E-state index contributed by atoms with van der Waals surface area (Å²) in [5.41, 5.74) is 4.99. The number of hydrogen-bond donors (Lipinski definition) is 2. The fraction of sp³-hybridized carbons (Fsp3) is 0.105. The second-order valence-electron chi connectivity index (χ2n) is 5.43. The molecule has 3 aromatic rings. The first-order valence-corrected chi connectivity index (χ1v) is 7.61. The first kappa shape index (κ1) is 15.7. The van der Waals surface area contributed by atoms with Crippen LogP contribution < -0.4 is 5.56 Å². The van der Waals surface area contributed by atoms with Crippen molar-refractivity contribution in [2.24, 2.45) is 4.99 Å². The number of H-pyrrole nitrogens is 2. The zero-order valence-electron chi connectivity index (χ0n) is 13.6. The lowest BCUT2D eigenvalue weighted by Gasteiger charge is -2.03. The summed E-state index contributed by atoms with van der Waals surface area (Å²) in [6, 6.07) is 7.74. The lowest BCUT2D eigenvalue weighted by molar-refractivity contribution is 1.20. The van der Waals surface area contributed by atoms with E-state index in [4.69, 9.17) is 0 Å². The highest BCUT2D eigenvalue weighted by Gasteiger charge is 2.12. The molecule has 0 saturated carbocycles. The van der Waals surface area contributed by atoms with Gasteiger partial charge in [-0.05, 0) is 55.5 Å². The van der Waals surface area contributed by atoms with E-state index in [1.165, 1.54) is 0 Å². The molecule has 2 aromatic heterocycles. The molecule has 0 radical (unpaired) electrons. The second kappa shape index (κ2) is 6.50.